The second-order valence-corrected chi connectivity index (χ2v) is 6.20. The number of amides is 1. The van der Waals surface area contributed by atoms with Crippen LogP contribution in [0.25, 0.3) is 11.0 Å². The summed E-state index contributed by atoms with van der Waals surface area (Å²) in [6.45, 7) is 3.98. The van der Waals surface area contributed by atoms with Crippen molar-refractivity contribution in [1.29, 1.82) is 0 Å². The zero-order valence-electron chi connectivity index (χ0n) is 14.5. The van der Waals surface area contributed by atoms with Crippen molar-refractivity contribution in [2.24, 2.45) is 0 Å². The van der Waals surface area contributed by atoms with Gasteiger partial charge in [0.2, 0.25) is 0 Å². The molecule has 3 aromatic rings. The second kappa shape index (κ2) is 7.26. The highest BCUT2D eigenvalue weighted by Crippen LogP contribution is 2.25. The molecule has 7 nitrogen and oxygen atoms in total. The molecule has 0 aliphatic carbocycles. The number of carbonyl (C=O) groups excluding carboxylic acids is 1. The van der Waals surface area contributed by atoms with Gasteiger partial charge in [0.25, 0.3) is 5.91 Å². The molecule has 1 aromatic heterocycles. The van der Waals surface area contributed by atoms with E-state index in [0.29, 0.717) is 22.5 Å². The minimum absolute atomic E-state index is 0.135. The number of rotatable bonds is 5. The van der Waals surface area contributed by atoms with Crippen LogP contribution in [-0.4, -0.2) is 22.5 Å². The predicted molar refractivity (Wildman–Crippen MR) is 99.8 cm³/mol. The molecule has 0 aliphatic rings. The molecular weight excluding hydrogens is 334 g/mol. The maximum absolute atomic E-state index is 12.2. The minimum atomic E-state index is -0.741. The maximum atomic E-state index is 12.2. The quantitative estimate of drug-likeness (QED) is 0.613. The smallest absolute Gasteiger partial charge is 0.314 e. The number of fused-ring (bicyclic) bond motifs is 1. The topological polar surface area (TPSA) is 104 Å². The average molecular weight is 353 g/mol. The van der Waals surface area contributed by atoms with Crippen LogP contribution < -0.4 is 21.2 Å². The molecule has 0 saturated heterocycles. The fraction of sp³-hybridized carbons (Fsp3) is 0.211. The monoisotopic (exact) mass is 353 g/mol. The molecule has 0 bridgehead atoms. The van der Waals surface area contributed by atoms with Crippen molar-refractivity contribution >= 4 is 22.6 Å². The summed E-state index contributed by atoms with van der Waals surface area (Å²) < 4.78 is 5.64. The van der Waals surface area contributed by atoms with Gasteiger partial charge in [0, 0.05) is 5.69 Å². The van der Waals surface area contributed by atoms with Crippen LogP contribution >= 0.6 is 0 Å². The summed E-state index contributed by atoms with van der Waals surface area (Å²) in [5.41, 5.74) is 0.979. The molecule has 0 atom stereocenters. The Labute approximate surface area is 149 Å². The van der Waals surface area contributed by atoms with Gasteiger partial charge in [-0.05, 0) is 35.7 Å². The van der Waals surface area contributed by atoms with Crippen LogP contribution in [-0.2, 0) is 4.79 Å². The van der Waals surface area contributed by atoms with Gasteiger partial charge < -0.3 is 20.0 Å². The van der Waals surface area contributed by atoms with Crippen LogP contribution in [0.15, 0.2) is 52.1 Å². The molecule has 1 amide bonds. The normalized spacial score (nSPS) is 10.9. The lowest BCUT2D eigenvalue weighted by Crippen LogP contribution is -2.29. The summed E-state index contributed by atoms with van der Waals surface area (Å²) >= 11 is 0. The summed E-state index contributed by atoms with van der Waals surface area (Å²) in [6, 6.07) is 12.4. The number of ether oxygens (including phenoxy) is 1. The van der Waals surface area contributed by atoms with Crippen LogP contribution in [0.5, 0.6) is 5.75 Å². The number of anilines is 1. The average Bonchev–Trinajstić information content (AvgIpc) is 2.61. The van der Waals surface area contributed by atoms with Crippen molar-refractivity contribution in [1.82, 2.24) is 9.97 Å². The van der Waals surface area contributed by atoms with E-state index in [9.17, 15) is 14.4 Å². The first-order valence-electron chi connectivity index (χ1n) is 8.22. The van der Waals surface area contributed by atoms with Crippen LogP contribution in [0.4, 0.5) is 5.69 Å². The first-order chi connectivity index (χ1) is 12.4. The van der Waals surface area contributed by atoms with Crippen molar-refractivity contribution in [2.45, 2.75) is 19.8 Å². The van der Waals surface area contributed by atoms with Crippen LogP contribution in [0.3, 0.4) is 0 Å². The van der Waals surface area contributed by atoms with Gasteiger partial charge in [-0.15, -0.1) is 0 Å². The Hall–Kier alpha value is -3.35. The summed E-state index contributed by atoms with van der Waals surface area (Å²) in [5, 5.41) is 2.71. The molecule has 0 fully saturated rings. The number of para-hydroxylation sites is 1. The van der Waals surface area contributed by atoms with E-state index in [1.165, 1.54) is 0 Å². The summed E-state index contributed by atoms with van der Waals surface area (Å²) in [7, 11) is 0. The summed E-state index contributed by atoms with van der Waals surface area (Å²) in [5.74, 6) is 0.640. The number of carbonyl (C=O) groups is 1. The summed E-state index contributed by atoms with van der Waals surface area (Å²) in [6.07, 6.45) is 0. The van der Waals surface area contributed by atoms with Crippen LogP contribution in [0, 0.1) is 0 Å². The zero-order chi connectivity index (χ0) is 18.7. The molecule has 134 valence electrons. The van der Waals surface area contributed by atoms with E-state index in [0.717, 1.165) is 5.56 Å². The second-order valence-electron chi connectivity index (χ2n) is 6.20. The van der Waals surface area contributed by atoms with E-state index >= 15 is 0 Å². The van der Waals surface area contributed by atoms with Gasteiger partial charge in [-0.3, -0.25) is 14.4 Å². The van der Waals surface area contributed by atoms with E-state index < -0.39 is 11.1 Å². The molecule has 26 heavy (non-hydrogen) atoms. The van der Waals surface area contributed by atoms with Crippen molar-refractivity contribution in [3.63, 3.8) is 0 Å². The molecule has 0 aliphatic heterocycles. The van der Waals surface area contributed by atoms with Gasteiger partial charge in [0.05, 0.1) is 11.0 Å². The van der Waals surface area contributed by atoms with Gasteiger partial charge in [-0.2, -0.15) is 0 Å². The Balaban J connectivity index is 1.71. The molecule has 3 N–H and O–H groups in total. The number of aromatic nitrogens is 2. The minimum Gasteiger partial charge on any atom is -0.483 e. The number of hydrogen-bond acceptors (Lipinski definition) is 4. The molecule has 0 unspecified atom stereocenters. The molecule has 0 saturated carbocycles. The number of hydrogen-bond donors (Lipinski definition) is 3. The molecule has 0 radical (unpaired) electrons. The highest BCUT2D eigenvalue weighted by atomic mass is 16.5. The Bertz CT molecular complexity index is 1070. The summed E-state index contributed by atoms with van der Waals surface area (Å²) in [4.78, 5) is 39.8. The largest absolute Gasteiger partial charge is 0.483 e. The lowest BCUT2D eigenvalue weighted by Gasteiger charge is -2.13. The SMILES string of the molecule is CC(C)c1ccccc1OCC(=O)Nc1ccc2[nH]c(=O)c(=O)[nH]c2c1. The highest BCUT2D eigenvalue weighted by molar-refractivity contribution is 5.93. The first kappa shape index (κ1) is 17.5. The fourth-order valence-corrected chi connectivity index (χ4v) is 2.62. The van der Waals surface area contributed by atoms with Gasteiger partial charge in [-0.1, -0.05) is 32.0 Å². The lowest BCUT2D eigenvalue weighted by atomic mass is 10.0. The Kier molecular flexibility index (Phi) is 4.88. The molecule has 0 spiro atoms. The zero-order valence-corrected chi connectivity index (χ0v) is 14.5. The van der Waals surface area contributed by atoms with Gasteiger partial charge >= 0.3 is 11.1 Å². The third-order valence-electron chi connectivity index (χ3n) is 3.91. The lowest BCUT2D eigenvalue weighted by molar-refractivity contribution is -0.118. The fourth-order valence-electron chi connectivity index (χ4n) is 2.62. The van der Waals surface area contributed by atoms with Crippen molar-refractivity contribution in [2.75, 3.05) is 11.9 Å². The highest BCUT2D eigenvalue weighted by Gasteiger charge is 2.10. The molecule has 7 heteroatoms. The van der Waals surface area contributed by atoms with Crippen molar-refractivity contribution < 1.29 is 9.53 Å². The van der Waals surface area contributed by atoms with Gasteiger partial charge in [0.15, 0.2) is 6.61 Å². The molecule has 1 heterocycles. The van der Waals surface area contributed by atoms with Crippen LogP contribution in [0.2, 0.25) is 0 Å². The Morgan fingerprint density at radius 2 is 1.73 bits per heavy atom. The number of nitrogens with one attached hydrogen (secondary N) is 3. The number of aromatic amines is 2. The third-order valence-corrected chi connectivity index (χ3v) is 3.91. The Morgan fingerprint density at radius 3 is 2.46 bits per heavy atom. The third kappa shape index (κ3) is 3.83. The Morgan fingerprint density at radius 1 is 1.04 bits per heavy atom. The molecular formula is C19H19N3O4. The molecule has 2 aromatic carbocycles. The number of benzene rings is 2. The van der Waals surface area contributed by atoms with E-state index in [2.05, 4.69) is 29.1 Å². The van der Waals surface area contributed by atoms with E-state index in [4.69, 9.17) is 4.74 Å². The van der Waals surface area contributed by atoms with Gasteiger partial charge in [-0.25, -0.2) is 0 Å². The first-order valence-corrected chi connectivity index (χ1v) is 8.22. The van der Waals surface area contributed by atoms with Crippen LogP contribution in [0.1, 0.15) is 25.3 Å². The van der Waals surface area contributed by atoms with Crippen molar-refractivity contribution in [3.8, 4) is 5.75 Å². The van der Waals surface area contributed by atoms with E-state index in [1.54, 1.807) is 18.2 Å². The van der Waals surface area contributed by atoms with E-state index in [-0.39, 0.29) is 18.4 Å². The molecule has 3 rings (SSSR count). The maximum Gasteiger partial charge on any atom is 0.314 e. The van der Waals surface area contributed by atoms with Gasteiger partial charge in [0.1, 0.15) is 5.75 Å². The number of H-pyrrole nitrogens is 2. The van der Waals surface area contributed by atoms with E-state index in [1.807, 2.05) is 24.3 Å². The standard InChI is InChI=1S/C19H19N3O4/c1-11(2)13-5-3-4-6-16(13)26-10-17(23)20-12-7-8-14-15(9-12)22-19(25)18(24)21-14/h3-9,11H,10H2,1-2H3,(H,20,23)(H,21,24)(H,22,25). The predicted octanol–water partition coefficient (Wildman–Crippen LogP) is 2.36. The van der Waals surface area contributed by atoms with Crippen molar-refractivity contribution in [3.05, 3.63) is 68.7 Å².